The summed E-state index contributed by atoms with van der Waals surface area (Å²) >= 11 is 10.6. The zero-order valence-corrected chi connectivity index (χ0v) is 8.94. The highest BCUT2D eigenvalue weighted by molar-refractivity contribution is 7.83. The Morgan fingerprint density at radius 1 is 1.69 bits per heavy atom. The van der Waals surface area contributed by atoms with E-state index < -0.39 is 0 Å². The van der Waals surface area contributed by atoms with E-state index in [0.29, 0.717) is 10.7 Å². The van der Waals surface area contributed by atoms with Crippen molar-refractivity contribution in [1.82, 2.24) is 0 Å². The number of thiocarbonyl (C=S) groups is 1. The lowest BCUT2D eigenvalue weighted by Crippen LogP contribution is -2.31. The van der Waals surface area contributed by atoms with Crippen LogP contribution in [0.1, 0.15) is 25.7 Å². The van der Waals surface area contributed by atoms with E-state index in [1.54, 1.807) is 0 Å². The molecule has 74 valence electrons. The smallest absolute Gasteiger partial charge is 0.120 e. The van der Waals surface area contributed by atoms with Crippen LogP contribution in [0.15, 0.2) is 0 Å². The average molecular weight is 221 g/mol. The van der Waals surface area contributed by atoms with Crippen LogP contribution in [-0.4, -0.2) is 23.3 Å². The van der Waals surface area contributed by atoms with Gasteiger partial charge in [-0.05, 0) is 19.3 Å². The van der Waals surface area contributed by atoms with Gasteiger partial charge in [0.05, 0.1) is 10.4 Å². The normalized spacial score (nSPS) is 25.2. The number of rotatable bonds is 4. The summed E-state index contributed by atoms with van der Waals surface area (Å²) in [6.07, 6.45) is 4.50. The van der Waals surface area contributed by atoms with Crippen molar-refractivity contribution in [3.05, 3.63) is 0 Å². The second-order valence-electron chi connectivity index (χ2n) is 3.22. The second kappa shape index (κ2) is 5.68. The van der Waals surface area contributed by atoms with Crippen LogP contribution >= 0.6 is 23.8 Å². The predicted octanol–water partition coefficient (Wildman–Crippen LogP) is 2.33. The number of hydrogen-bond acceptors (Lipinski definition) is 3. The molecule has 2 unspecified atom stereocenters. The zero-order valence-electron chi connectivity index (χ0n) is 7.37. The zero-order chi connectivity index (χ0) is 9.68. The molecule has 13 heavy (non-hydrogen) atoms. The van der Waals surface area contributed by atoms with Crippen molar-refractivity contribution in [3.8, 4) is 0 Å². The molecule has 1 rings (SSSR count). The van der Waals surface area contributed by atoms with E-state index in [1.807, 2.05) is 0 Å². The second-order valence-corrected chi connectivity index (χ2v) is 4.29. The number of halogens is 1. The molecule has 0 amide bonds. The lowest BCUT2D eigenvalue weighted by atomic mass is 9.95. The van der Waals surface area contributed by atoms with Crippen LogP contribution in [-0.2, 0) is 9.53 Å². The molecule has 0 N–H and O–H groups in total. The van der Waals surface area contributed by atoms with E-state index >= 15 is 0 Å². The number of carbonyl (C=O) groups is 1. The first kappa shape index (κ1) is 11.1. The van der Waals surface area contributed by atoms with E-state index in [2.05, 4.69) is 0 Å². The molecule has 0 aromatic carbocycles. The van der Waals surface area contributed by atoms with Crippen LogP contribution in [0.4, 0.5) is 0 Å². The van der Waals surface area contributed by atoms with Crippen LogP contribution in [0.2, 0.25) is 0 Å². The lowest BCUT2D eigenvalue weighted by Gasteiger charge is -2.28. The molecule has 2 nitrogen and oxygen atoms in total. The van der Waals surface area contributed by atoms with Gasteiger partial charge in [0.2, 0.25) is 0 Å². The van der Waals surface area contributed by atoms with Gasteiger partial charge in [-0.3, -0.25) is 0 Å². The van der Waals surface area contributed by atoms with Crippen LogP contribution < -0.4 is 0 Å². The summed E-state index contributed by atoms with van der Waals surface area (Å²) < 4.78 is 5.90. The molecule has 1 fully saturated rings. The summed E-state index contributed by atoms with van der Waals surface area (Å²) in [5.74, 6) is -0.0746. The van der Waals surface area contributed by atoms with Gasteiger partial charge in [0.25, 0.3) is 0 Å². The van der Waals surface area contributed by atoms with Crippen molar-refractivity contribution in [2.45, 2.75) is 31.8 Å². The molecule has 1 aliphatic heterocycles. The third kappa shape index (κ3) is 3.33. The monoisotopic (exact) mass is 220 g/mol. The minimum atomic E-state index is -0.0746. The molecule has 1 heterocycles. The maximum Gasteiger partial charge on any atom is 0.120 e. The van der Waals surface area contributed by atoms with Crippen molar-refractivity contribution in [3.63, 3.8) is 0 Å². The molecular formula is C9H13ClO2S. The molecule has 0 saturated carbocycles. The van der Waals surface area contributed by atoms with Crippen molar-refractivity contribution in [2.75, 3.05) is 6.61 Å². The van der Waals surface area contributed by atoms with Gasteiger partial charge < -0.3 is 9.53 Å². The number of hydrogen-bond donors (Lipinski definition) is 0. The molecule has 1 aliphatic rings. The largest absolute Gasteiger partial charge is 0.378 e. The summed E-state index contributed by atoms with van der Waals surface area (Å²) in [5, 5.41) is 0. The fraction of sp³-hybridized carbons (Fsp3) is 0.778. The van der Waals surface area contributed by atoms with Gasteiger partial charge in [0.15, 0.2) is 0 Å². The Morgan fingerprint density at radius 2 is 2.46 bits per heavy atom. The van der Waals surface area contributed by atoms with Crippen molar-refractivity contribution < 1.29 is 9.53 Å². The average Bonchev–Trinajstić information content (AvgIpc) is 2.15. The van der Waals surface area contributed by atoms with E-state index in [1.165, 1.54) is 0 Å². The third-order valence-electron chi connectivity index (χ3n) is 2.31. The Hall–Kier alpha value is 0.01000. The highest BCUT2D eigenvalue weighted by atomic mass is 35.5. The Morgan fingerprint density at radius 3 is 2.92 bits per heavy atom. The molecule has 2 atom stereocenters. The topological polar surface area (TPSA) is 26.3 Å². The third-order valence-corrected chi connectivity index (χ3v) is 2.89. The molecule has 0 aromatic rings. The Balaban J connectivity index is 2.51. The first-order chi connectivity index (χ1) is 6.25. The van der Waals surface area contributed by atoms with E-state index in [4.69, 9.17) is 28.6 Å². The first-order valence-corrected chi connectivity index (χ1v) is 5.29. The maximum absolute atomic E-state index is 10.4. The standard InChI is InChI=1S/C9H13ClO2S/c10-9(13)7(4-5-11)8-3-1-2-6-12-8/h5,7-8H,1-4,6H2. The van der Waals surface area contributed by atoms with Gasteiger partial charge in [-0.1, -0.05) is 23.8 Å². The van der Waals surface area contributed by atoms with Crippen LogP contribution in [0.5, 0.6) is 0 Å². The van der Waals surface area contributed by atoms with Crippen LogP contribution in [0.3, 0.4) is 0 Å². The van der Waals surface area contributed by atoms with Crippen LogP contribution in [0.25, 0.3) is 0 Å². The van der Waals surface area contributed by atoms with E-state index in [-0.39, 0.29) is 12.0 Å². The maximum atomic E-state index is 10.4. The highest BCUT2D eigenvalue weighted by Gasteiger charge is 2.26. The molecule has 0 bridgehead atoms. The SMILES string of the molecule is O=CCC(C(=S)Cl)C1CCCCO1. The molecule has 4 heteroatoms. The van der Waals surface area contributed by atoms with Gasteiger partial charge in [0.1, 0.15) is 6.29 Å². The first-order valence-electron chi connectivity index (χ1n) is 4.50. The molecule has 0 spiro atoms. The molecule has 0 radical (unpaired) electrons. The van der Waals surface area contributed by atoms with E-state index in [0.717, 1.165) is 32.2 Å². The molecule has 1 saturated heterocycles. The molecule has 0 aliphatic carbocycles. The Labute approximate surface area is 88.6 Å². The summed E-state index contributed by atoms with van der Waals surface area (Å²) in [6, 6.07) is 0. The highest BCUT2D eigenvalue weighted by Crippen LogP contribution is 2.24. The molecular weight excluding hydrogens is 208 g/mol. The van der Waals surface area contributed by atoms with Crippen LogP contribution in [0, 0.1) is 5.92 Å². The minimum absolute atomic E-state index is 0.0592. The quantitative estimate of drug-likeness (QED) is 0.413. The summed E-state index contributed by atoms with van der Waals surface area (Å²) in [7, 11) is 0. The van der Waals surface area contributed by atoms with Gasteiger partial charge in [0, 0.05) is 18.9 Å². The van der Waals surface area contributed by atoms with Crippen molar-refractivity contribution in [2.24, 2.45) is 5.92 Å². The van der Waals surface area contributed by atoms with Gasteiger partial charge in [-0.15, -0.1) is 0 Å². The summed E-state index contributed by atoms with van der Waals surface area (Å²) in [6.45, 7) is 0.763. The number of aldehydes is 1. The lowest BCUT2D eigenvalue weighted by molar-refractivity contribution is -0.109. The van der Waals surface area contributed by atoms with Gasteiger partial charge in [-0.25, -0.2) is 0 Å². The van der Waals surface area contributed by atoms with Crippen molar-refractivity contribution >= 4 is 34.4 Å². The van der Waals surface area contributed by atoms with Gasteiger partial charge in [-0.2, -0.15) is 0 Å². The Bertz CT molecular complexity index is 190. The minimum Gasteiger partial charge on any atom is -0.378 e. The van der Waals surface area contributed by atoms with E-state index in [9.17, 15) is 4.79 Å². The fourth-order valence-corrected chi connectivity index (χ4v) is 2.05. The van der Waals surface area contributed by atoms with Crippen molar-refractivity contribution in [1.29, 1.82) is 0 Å². The summed E-state index contributed by atoms with van der Waals surface area (Å²) in [5.41, 5.74) is 0. The number of ether oxygens (including phenoxy) is 1. The number of carbonyl (C=O) groups excluding carboxylic acids is 1. The van der Waals surface area contributed by atoms with Gasteiger partial charge >= 0.3 is 0 Å². The fourth-order valence-electron chi connectivity index (χ4n) is 1.58. The summed E-state index contributed by atoms with van der Waals surface area (Å²) in [4.78, 5) is 10.4. The predicted molar refractivity (Wildman–Crippen MR) is 56.2 cm³/mol. The Kier molecular flexibility index (Phi) is 4.84. The molecule has 0 aromatic heterocycles.